The van der Waals surface area contributed by atoms with Crippen LogP contribution in [0.5, 0.6) is 0 Å². The Labute approximate surface area is 183 Å². The molecule has 11 heteroatoms. The number of hydrogen-bond donors (Lipinski definition) is 2. The van der Waals surface area contributed by atoms with E-state index in [-0.39, 0.29) is 5.69 Å². The molecule has 0 spiro atoms. The molecule has 0 fully saturated rings. The molecule has 2 N–H and O–H groups in total. The zero-order valence-electron chi connectivity index (χ0n) is 16.6. The smallest absolute Gasteiger partial charge is 0.305 e. The van der Waals surface area contributed by atoms with E-state index in [0.29, 0.717) is 29.7 Å². The van der Waals surface area contributed by atoms with Crippen LogP contribution in [0.15, 0.2) is 73.3 Å². The van der Waals surface area contributed by atoms with Crippen LogP contribution in [0.1, 0.15) is 5.56 Å². The van der Waals surface area contributed by atoms with Gasteiger partial charge in [-0.05, 0) is 42.5 Å². The second-order valence-electron chi connectivity index (χ2n) is 6.79. The van der Waals surface area contributed by atoms with E-state index in [0.717, 1.165) is 11.6 Å². The van der Waals surface area contributed by atoms with Gasteiger partial charge in [-0.2, -0.15) is 13.2 Å². The summed E-state index contributed by atoms with van der Waals surface area (Å²) in [5, 5.41) is 4.12. The number of benzene rings is 2. The molecule has 2 aromatic carbocycles. The fourth-order valence-electron chi connectivity index (χ4n) is 3.05. The van der Waals surface area contributed by atoms with Crippen molar-refractivity contribution in [2.45, 2.75) is 6.18 Å². The van der Waals surface area contributed by atoms with Gasteiger partial charge in [0, 0.05) is 36.4 Å². The van der Waals surface area contributed by atoms with E-state index in [1.54, 1.807) is 35.3 Å². The van der Waals surface area contributed by atoms with Crippen LogP contribution in [0.2, 0.25) is 0 Å². The summed E-state index contributed by atoms with van der Waals surface area (Å²) in [6.45, 7) is 0. The molecule has 33 heavy (non-hydrogen) atoms. The number of rotatable bonds is 4. The molecule has 0 aliphatic carbocycles. The number of aromatic nitrogens is 3. The van der Waals surface area contributed by atoms with Gasteiger partial charge < -0.3 is 10.6 Å². The summed E-state index contributed by atoms with van der Waals surface area (Å²) in [7, 11) is 0. The molecule has 2 aromatic heterocycles. The molecule has 0 saturated heterocycles. The summed E-state index contributed by atoms with van der Waals surface area (Å²) in [4.78, 5) is 20.3. The third-order valence-corrected chi connectivity index (χ3v) is 4.60. The number of urea groups is 1. The van der Waals surface area contributed by atoms with Gasteiger partial charge >= 0.3 is 12.2 Å². The van der Waals surface area contributed by atoms with Crippen molar-refractivity contribution in [1.82, 2.24) is 14.5 Å². The molecular weight excluding hydrogens is 445 g/mol. The van der Waals surface area contributed by atoms with Crippen molar-refractivity contribution in [2.24, 2.45) is 0 Å². The topological polar surface area (TPSA) is 71.8 Å². The summed E-state index contributed by atoms with van der Waals surface area (Å²) >= 11 is 0. The number of alkyl halides is 3. The van der Waals surface area contributed by atoms with Gasteiger partial charge in [-0.1, -0.05) is 0 Å². The molecule has 0 aliphatic rings. The molecule has 0 saturated carbocycles. The molecule has 0 atom stereocenters. The first-order valence-electron chi connectivity index (χ1n) is 9.41. The van der Waals surface area contributed by atoms with Crippen LogP contribution in [0, 0.1) is 11.6 Å². The van der Waals surface area contributed by atoms with Crippen molar-refractivity contribution >= 4 is 17.4 Å². The lowest BCUT2D eigenvalue weighted by Crippen LogP contribution is -2.21. The Balaban J connectivity index is 1.53. The molecule has 0 aliphatic heterocycles. The van der Waals surface area contributed by atoms with Crippen LogP contribution < -0.4 is 10.6 Å². The predicted molar refractivity (Wildman–Crippen MR) is 111 cm³/mol. The molecule has 4 rings (SSSR count). The Bertz CT molecular complexity index is 1300. The molecule has 6 nitrogen and oxygen atoms in total. The molecule has 0 radical (unpaired) electrons. The zero-order valence-corrected chi connectivity index (χ0v) is 16.6. The van der Waals surface area contributed by atoms with Crippen LogP contribution in [-0.2, 0) is 6.18 Å². The normalized spacial score (nSPS) is 11.3. The zero-order chi connectivity index (χ0) is 23.6. The lowest BCUT2D eigenvalue weighted by molar-refractivity contribution is -0.137. The lowest BCUT2D eigenvalue weighted by atomic mass is 10.2. The number of imidazole rings is 1. The highest BCUT2D eigenvalue weighted by Gasteiger charge is 2.31. The number of nitrogens with zero attached hydrogens (tertiary/aromatic N) is 3. The van der Waals surface area contributed by atoms with E-state index in [1.807, 2.05) is 5.32 Å². The molecular formula is C22H14F5N5O. The van der Waals surface area contributed by atoms with Crippen molar-refractivity contribution in [3.63, 3.8) is 0 Å². The minimum atomic E-state index is -4.72. The van der Waals surface area contributed by atoms with E-state index in [9.17, 15) is 26.7 Å². The van der Waals surface area contributed by atoms with Gasteiger partial charge in [0.05, 0.1) is 22.6 Å². The maximum atomic E-state index is 14.7. The van der Waals surface area contributed by atoms with Crippen molar-refractivity contribution < 1.29 is 26.7 Å². The number of carbonyl (C=O) groups is 1. The van der Waals surface area contributed by atoms with Crippen molar-refractivity contribution in [1.29, 1.82) is 0 Å². The Hall–Kier alpha value is -4.28. The van der Waals surface area contributed by atoms with Gasteiger partial charge in [-0.15, -0.1) is 0 Å². The van der Waals surface area contributed by atoms with Gasteiger partial charge in [0.2, 0.25) is 0 Å². The fraction of sp³-hybridized carbons (Fsp3) is 0.0455. The third-order valence-electron chi connectivity index (χ3n) is 4.60. The van der Waals surface area contributed by atoms with Gasteiger partial charge in [0.1, 0.15) is 17.5 Å². The van der Waals surface area contributed by atoms with Crippen molar-refractivity contribution in [2.75, 3.05) is 10.6 Å². The first-order valence-corrected chi connectivity index (χ1v) is 9.41. The molecule has 0 unspecified atom stereocenters. The Morgan fingerprint density at radius 2 is 1.58 bits per heavy atom. The number of halogens is 5. The summed E-state index contributed by atoms with van der Waals surface area (Å²) in [5.41, 5.74) is -0.930. The third kappa shape index (κ3) is 4.81. The maximum absolute atomic E-state index is 14.7. The summed E-state index contributed by atoms with van der Waals surface area (Å²) in [6.07, 6.45) is 1.63. The highest BCUT2D eigenvalue weighted by molar-refractivity contribution is 6.00. The average molecular weight is 459 g/mol. The summed E-state index contributed by atoms with van der Waals surface area (Å²) in [6, 6.07) is 7.87. The SMILES string of the molecule is O=C(Nc1ccc(-n2ccnc2-c2ccncc2)cc1F)Nc1cc(C(F)(F)F)ccc1F. The largest absolute Gasteiger partial charge is 0.416 e. The minimum Gasteiger partial charge on any atom is -0.305 e. The van der Waals surface area contributed by atoms with Crippen LogP contribution >= 0.6 is 0 Å². The van der Waals surface area contributed by atoms with Crippen molar-refractivity contribution in [3.05, 3.63) is 90.5 Å². The van der Waals surface area contributed by atoms with Gasteiger partial charge in [-0.3, -0.25) is 9.55 Å². The van der Waals surface area contributed by atoms with Crippen LogP contribution in [-0.4, -0.2) is 20.6 Å². The van der Waals surface area contributed by atoms with E-state index < -0.39 is 35.1 Å². The standard InChI is InChI=1S/C22H14F5N5O/c23-16-3-1-14(22(25,26)27)11-19(16)31-21(33)30-18-4-2-15(12-17(18)24)32-10-9-29-20(32)13-5-7-28-8-6-13/h1-12H,(H2,30,31,33). The number of nitrogens with one attached hydrogen (secondary N) is 2. The number of anilines is 2. The van der Waals surface area contributed by atoms with Crippen LogP contribution in [0.3, 0.4) is 0 Å². The molecule has 2 heterocycles. The van der Waals surface area contributed by atoms with E-state index in [1.165, 1.54) is 18.3 Å². The first kappa shape index (κ1) is 21.9. The van der Waals surface area contributed by atoms with E-state index in [2.05, 4.69) is 15.3 Å². The van der Waals surface area contributed by atoms with Crippen molar-refractivity contribution in [3.8, 4) is 17.1 Å². The average Bonchev–Trinajstić information content (AvgIpc) is 3.26. The monoisotopic (exact) mass is 459 g/mol. The lowest BCUT2D eigenvalue weighted by Gasteiger charge is -2.13. The molecule has 4 aromatic rings. The minimum absolute atomic E-state index is 0.255. The number of hydrogen-bond acceptors (Lipinski definition) is 3. The molecule has 168 valence electrons. The van der Waals surface area contributed by atoms with Crippen LogP contribution in [0.25, 0.3) is 17.1 Å². The Morgan fingerprint density at radius 1 is 0.848 bits per heavy atom. The Kier molecular flexibility index (Phi) is 5.78. The molecule has 2 amide bonds. The second-order valence-corrected chi connectivity index (χ2v) is 6.79. The van der Waals surface area contributed by atoms with E-state index in [4.69, 9.17) is 0 Å². The van der Waals surface area contributed by atoms with Gasteiger partial charge in [0.15, 0.2) is 0 Å². The van der Waals surface area contributed by atoms with Gasteiger partial charge in [-0.25, -0.2) is 18.6 Å². The number of pyridine rings is 1. The van der Waals surface area contributed by atoms with Gasteiger partial charge in [0.25, 0.3) is 0 Å². The first-order chi connectivity index (χ1) is 15.7. The highest BCUT2D eigenvalue weighted by atomic mass is 19.4. The molecule has 0 bridgehead atoms. The summed E-state index contributed by atoms with van der Waals surface area (Å²) < 4.78 is 68.6. The number of amides is 2. The maximum Gasteiger partial charge on any atom is 0.416 e. The number of carbonyl (C=O) groups excluding carboxylic acids is 1. The predicted octanol–water partition coefficient (Wildman–Crippen LogP) is 5.88. The summed E-state index contributed by atoms with van der Waals surface area (Å²) in [5.74, 6) is -1.35. The quantitative estimate of drug-likeness (QED) is 0.375. The van der Waals surface area contributed by atoms with E-state index >= 15 is 0 Å². The fourth-order valence-corrected chi connectivity index (χ4v) is 3.05. The van der Waals surface area contributed by atoms with Crippen LogP contribution in [0.4, 0.5) is 38.1 Å². The highest BCUT2D eigenvalue weighted by Crippen LogP contribution is 2.32. The second kappa shape index (κ2) is 8.69. The Morgan fingerprint density at radius 3 is 2.27 bits per heavy atom.